The second kappa shape index (κ2) is 7.62. The lowest BCUT2D eigenvalue weighted by atomic mass is 10.1. The predicted octanol–water partition coefficient (Wildman–Crippen LogP) is 3.38. The van der Waals surface area contributed by atoms with E-state index < -0.39 is 9.84 Å². The molecule has 0 saturated carbocycles. The smallest absolute Gasteiger partial charge is 0.221 e. The third-order valence-electron chi connectivity index (χ3n) is 3.45. The van der Waals surface area contributed by atoms with Crippen LogP contribution in [0.5, 0.6) is 0 Å². The Morgan fingerprint density at radius 3 is 2.30 bits per heavy atom. The van der Waals surface area contributed by atoms with E-state index in [2.05, 4.69) is 5.32 Å². The molecule has 1 amide bonds. The first-order valence-corrected chi connectivity index (χ1v) is 9.24. The molecule has 2 aromatic carbocycles. The zero-order valence-electron chi connectivity index (χ0n) is 12.7. The van der Waals surface area contributed by atoms with Crippen LogP contribution in [0.3, 0.4) is 0 Å². The Balaban J connectivity index is 1.91. The van der Waals surface area contributed by atoms with Crippen molar-refractivity contribution in [2.75, 3.05) is 5.75 Å². The Kier molecular flexibility index (Phi) is 5.80. The van der Waals surface area contributed by atoms with Crippen LogP contribution in [0, 0.1) is 0 Å². The minimum atomic E-state index is -3.44. The fraction of sp³-hybridized carbons (Fsp3) is 0.235. The summed E-state index contributed by atoms with van der Waals surface area (Å²) in [7, 11) is -3.44. The van der Waals surface area contributed by atoms with Crippen molar-refractivity contribution in [3.8, 4) is 0 Å². The quantitative estimate of drug-likeness (QED) is 0.867. The molecule has 0 aliphatic carbocycles. The van der Waals surface area contributed by atoms with Gasteiger partial charge in [-0.3, -0.25) is 4.79 Å². The molecule has 0 aliphatic heterocycles. The molecule has 0 radical (unpaired) electrons. The molecule has 0 heterocycles. The van der Waals surface area contributed by atoms with Crippen molar-refractivity contribution in [1.82, 2.24) is 5.32 Å². The van der Waals surface area contributed by atoms with Crippen molar-refractivity contribution in [3.63, 3.8) is 0 Å². The summed E-state index contributed by atoms with van der Waals surface area (Å²) in [5.74, 6) is -0.511. The first kappa shape index (κ1) is 17.5. The summed E-state index contributed by atoms with van der Waals surface area (Å²) < 4.78 is 24.3. The van der Waals surface area contributed by atoms with Crippen molar-refractivity contribution < 1.29 is 13.2 Å². The van der Waals surface area contributed by atoms with Gasteiger partial charge in [0.1, 0.15) is 0 Å². The third kappa shape index (κ3) is 5.08. The Morgan fingerprint density at radius 1 is 1.09 bits per heavy atom. The lowest BCUT2D eigenvalue weighted by Gasteiger charge is -2.14. The molecular formula is C17H18ClNO3S. The second-order valence-electron chi connectivity index (χ2n) is 5.22. The highest BCUT2D eigenvalue weighted by molar-refractivity contribution is 7.91. The van der Waals surface area contributed by atoms with Gasteiger partial charge in [0.25, 0.3) is 0 Å². The zero-order chi connectivity index (χ0) is 16.9. The van der Waals surface area contributed by atoms with Crippen molar-refractivity contribution in [1.29, 1.82) is 0 Å². The van der Waals surface area contributed by atoms with Gasteiger partial charge in [-0.05, 0) is 36.8 Å². The first-order chi connectivity index (χ1) is 10.9. The van der Waals surface area contributed by atoms with Crippen LogP contribution in [0.4, 0.5) is 0 Å². The number of amides is 1. The van der Waals surface area contributed by atoms with Gasteiger partial charge in [0.05, 0.1) is 16.7 Å². The van der Waals surface area contributed by atoms with Crippen LogP contribution < -0.4 is 5.32 Å². The van der Waals surface area contributed by atoms with Crippen LogP contribution in [0.2, 0.25) is 5.02 Å². The van der Waals surface area contributed by atoms with Gasteiger partial charge in [0.15, 0.2) is 9.84 Å². The van der Waals surface area contributed by atoms with Crippen LogP contribution in [0.25, 0.3) is 0 Å². The molecule has 1 atom stereocenters. The topological polar surface area (TPSA) is 63.2 Å². The fourth-order valence-electron chi connectivity index (χ4n) is 2.12. The van der Waals surface area contributed by atoms with Crippen molar-refractivity contribution in [2.45, 2.75) is 24.3 Å². The predicted molar refractivity (Wildman–Crippen MR) is 91.1 cm³/mol. The molecule has 0 unspecified atom stereocenters. The highest BCUT2D eigenvalue weighted by Crippen LogP contribution is 2.16. The average molecular weight is 352 g/mol. The molecule has 0 fully saturated rings. The van der Waals surface area contributed by atoms with Gasteiger partial charge in [-0.25, -0.2) is 8.42 Å². The summed E-state index contributed by atoms with van der Waals surface area (Å²) in [4.78, 5) is 12.2. The summed E-state index contributed by atoms with van der Waals surface area (Å²) in [6.45, 7) is 1.84. The summed E-state index contributed by atoms with van der Waals surface area (Å²) >= 11 is 5.83. The molecule has 23 heavy (non-hydrogen) atoms. The Morgan fingerprint density at radius 2 is 1.70 bits per heavy atom. The number of rotatable bonds is 6. The van der Waals surface area contributed by atoms with E-state index in [0.29, 0.717) is 5.02 Å². The molecule has 122 valence electrons. The van der Waals surface area contributed by atoms with E-state index >= 15 is 0 Å². The van der Waals surface area contributed by atoms with Gasteiger partial charge in [-0.1, -0.05) is 41.9 Å². The van der Waals surface area contributed by atoms with Crippen molar-refractivity contribution in [2.24, 2.45) is 0 Å². The van der Waals surface area contributed by atoms with Gasteiger partial charge < -0.3 is 5.32 Å². The van der Waals surface area contributed by atoms with Crippen molar-refractivity contribution >= 4 is 27.3 Å². The van der Waals surface area contributed by atoms with Crippen molar-refractivity contribution in [3.05, 3.63) is 65.2 Å². The second-order valence-corrected chi connectivity index (χ2v) is 7.77. The van der Waals surface area contributed by atoms with E-state index in [1.54, 1.807) is 30.3 Å². The van der Waals surface area contributed by atoms with Gasteiger partial charge in [-0.2, -0.15) is 0 Å². The monoisotopic (exact) mass is 351 g/mol. The molecule has 2 aromatic rings. The molecule has 1 N–H and O–H groups in total. The zero-order valence-corrected chi connectivity index (χ0v) is 14.3. The normalized spacial score (nSPS) is 12.6. The number of halogens is 1. The highest BCUT2D eigenvalue weighted by atomic mass is 35.5. The molecule has 0 spiro atoms. The number of benzene rings is 2. The van der Waals surface area contributed by atoms with E-state index in [0.717, 1.165) is 5.56 Å². The molecule has 4 nitrogen and oxygen atoms in total. The van der Waals surface area contributed by atoms with Crippen LogP contribution in [-0.4, -0.2) is 20.1 Å². The van der Waals surface area contributed by atoms with Gasteiger partial charge >= 0.3 is 0 Å². The molecule has 6 heteroatoms. The van der Waals surface area contributed by atoms with Gasteiger partial charge in [-0.15, -0.1) is 0 Å². The average Bonchev–Trinajstić information content (AvgIpc) is 2.54. The number of nitrogens with one attached hydrogen (secondary N) is 1. The number of hydrogen-bond acceptors (Lipinski definition) is 3. The third-order valence-corrected chi connectivity index (χ3v) is 5.43. The summed E-state index contributed by atoms with van der Waals surface area (Å²) in [5.41, 5.74) is 0.911. The first-order valence-electron chi connectivity index (χ1n) is 7.21. The van der Waals surface area contributed by atoms with Crippen LogP contribution in [0.15, 0.2) is 59.5 Å². The Bertz CT molecular complexity index is 758. The summed E-state index contributed by atoms with van der Waals surface area (Å²) in [6, 6.07) is 15.1. The molecule has 2 rings (SSSR count). The molecule has 0 bridgehead atoms. The van der Waals surface area contributed by atoms with Crippen LogP contribution in [-0.2, 0) is 14.6 Å². The number of carbonyl (C=O) groups is 1. The largest absolute Gasteiger partial charge is 0.350 e. The number of sulfone groups is 1. The Labute approximate surface area is 141 Å². The lowest BCUT2D eigenvalue weighted by molar-refractivity contribution is -0.121. The van der Waals surface area contributed by atoms with Gasteiger partial charge in [0.2, 0.25) is 5.91 Å². The SMILES string of the molecule is C[C@@H](NC(=O)CCS(=O)(=O)c1ccccc1)c1ccc(Cl)cc1. The standard InChI is InChI=1S/C17H18ClNO3S/c1-13(14-7-9-15(18)10-8-14)19-17(20)11-12-23(21,22)16-5-3-2-4-6-16/h2-10,13H,11-12H2,1H3,(H,19,20)/t13-/m1/s1. The maximum Gasteiger partial charge on any atom is 0.221 e. The minimum absolute atomic E-state index is 0.0742. The summed E-state index contributed by atoms with van der Waals surface area (Å²) in [5, 5.41) is 3.42. The molecule has 0 aliphatic rings. The molecular weight excluding hydrogens is 334 g/mol. The Hall–Kier alpha value is -1.85. The fourth-order valence-corrected chi connectivity index (χ4v) is 3.51. The van der Waals surface area contributed by atoms with Gasteiger partial charge in [0, 0.05) is 11.4 Å². The van der Waals surface area contributed by atoms with E-state index in [1.165, 1.54) is 12.1 Å². The van der Waals surface area contributed by atoms with Crippen LogP contribution in [0.1, 0.15) is 24.9 Å². The lowest BCUT2D eigenvalue weighted by Crippen LogP contribution is -2.28. The highest BCUT2D eigenvalue weighted by Gasteiger charge is 2.17. The summed E-state index contributed by atoms with van der Waals surface area (Å²) in [6.07, 6.45) is -0.0742. The maximum absolute atomic E-state index is 12.1. The number of carbonyl (C=O) groups excluding carboxylic acids is 1. The maximum atomic E-state index is 12.1. The van der Waals surface area contributed by atoms with E-state index in [-0.39, 0.29) is 29.0 Å². The molecule has 0 aromatic heterocycles. The number of hydrogen-bond donors (Lipinski definition) is 1. The van der Waals surface area contributed by atoms with E-state index in [4.69, 9.17) is 11.6 Å². The molecule has 0 saturated heterocycles. The van der Waals surface area contributed by atoms with E-state index in [1.807, 2.05) is 19.1 Å². The van der Waals surface area contributed by atoms with E-state index in [9.17, 15) is 13.2 Å². The van der Waals surface area contributed by atoms with Crippen LogP contribution >= 0.6 is 11.6 Å². The minimum Gasteiger partial charge on any atom is -0.350 e.